The molecule has 0 heterocycles. The zero-order chi connectivity index (χ0) is 17.3. The van der Waals surface area contributed by atoms with Gasteiger partial charge >= 0.3 is 0 Å². The molecule has 2 nitrogen and oxygen atoms in total. The van der Waals surface area contributed by atoms with Crippen LogP contribution in [-0.4, -0.2) is 11.6 Å². The SMILES string of the molecule is CC(=O)C1C(C)CC2C3CCC4=CC(=O)CC[C@]4(C)C3CC[C@@]21C. The van der Waals surface area contributed by atoms with Crippen LogP contribution in [0.25, 0.3) is 0 Å². The van der Waals surface area contributed by atoms with Crippen LogP contribution in [0.15, 0.2) is 11.6 Å². The summed E-state index contributed by atoms with van der Waals surface area (Å²) in [5.41, 5.74) is 1.90. The number of hydrogen-bond donors (Lipinski definition) is 0. The summed E-state index contributed by atoms with van der Waals surface area (Å²) in [5.74, 6) is 3.74. The van der Waals surface area contributed by atoms with Crippen LogP contribution in [0.1, 0.15) is 72.6 Å². The molecule has 5 unspecified atom stereocenters. The van der Waals surface area contributed by atoms with E-state index in [0.29, 0.717) is 23.4 Å². The zero-order valence-corrected chi connectivity index (χ0v) is 15.7. The van der Waals surface area contributed by atoms with Gasteiger partial charge in [-0.1, -0.05) is 26.3 Å². The first-order chi connectivity index (χ1) is 11.3. The van der Waals surface area contributed by atoms with Gasteiger partial charge in [0.1, 0.15) is 5.78 Å². The van der Waals surface area contributed by atoms with Gasteiger partial charge in [-0.15, -0.1) is 0 Å². The summed E-state index contributed by atoms with van der Waals surface area (Å²) in [6.07, 6.45) is 9.79. The summed E-state index contributed by atoms with van der Waals surface area (Å²) in [7, 11) is 0. The molecule has 4 aliphatic carbocycles. The number of carbonyl (C=O) groups is 2. The summed E-state index contributed by atoms with van der Waals surface area (Å²) in [5, 5.41) is 0. The first-order valence-corrected chi connectivity index (χ1v) is 10.0. The summed E-state index contributed by atoms with van der Waals surface area (Å²) in [6, 6.07) is 0. The molecule has 0 aromatic carbocycles. The average molecular weight is 328 g/mol. The highest BCUT2D eigenvalue weighted by Gasteiger charge is 2.61. The molecule has 0 N–H and O–H groups in total. The van der Waals surface area contributed by atoms with Crippen molar-refractivity contribution in [3.05, 3.63) is 11.6 Å². The third kappa shape index (κ3) is 2.07. The fourth-order valence-corrected chi connectivity index (χ4v) is 7.79. The minimum absolute atomic E-state index is 0.217. The van der Waals surface area contributed by atoms with Crippen LogP contribution in [0.2, 0.25) is 0 Å². The molecule has 0 amide bonds. The maximum absolute atomic E-state index is 12.4. The number of carbonyl (C=O) groups excluding carboxylic acids is 2. The predicted molar refractivity (Wildman–Crippen MR) is 95.4 cm³/mol. The van der Waals surface area contributed by atoms with Crippen molar-refractivity contribution in [1.82, 2.24) is 0 Å². The van der Waals surface area contributed by atoms with Crippen LogP contribution in [-0.2, 0) is 9.59 Å². The van der Waals surface area contributed by atoms with E-state index in [4.69, 9.17) is 0 Å². The lowest BCUT2D eigenvalue weighted by molar-refractivity contribution is -0.129. The van der Waals surface area contributed by atoms with Gasteiger partial charge in [-0.2, -0.15) is 0 Å². The quantitative estimate of drug-likeness (QED) is 0.681. The van der Waals surface area contributed by atoms with Crippen molar-refractivity contribution in [3.8, 4) is 0 Å². The fraction of sp³-hybridized carbons (Fsp3) is 0.818. The Hall–Kier alpha value is -0.920. The van der Waals surface area contributed by atoms with Gasteiger partial charge < -0.3 is 0 Å². The molecule has 0 aromatic heterocycles. The second-order valence-electron chi connectivity index (χ2n) is 9.81. The van der Waals surface area contributed by atoms with Crippen molar-refractivity contribution < 1.29 is 9.59 Å². The minimum atomic E-state index is 0.217. The molecule has 3 saturated carbocycles. The molecular weight excluding hydrogens is 296 g/mol. The molecule has 4 aliphatic rings. The molecule has 0 aromatic rings. The van der Waals surface area contributed by atoms with E-state index in [2.05, 4.69) is 20.8 Å². The summed E-state index contributed by atoms with van der Waals surface area (Å²) >= 11 is 0. The van der Waals surface area contributed by atoms with Crippen molar-refractivity contribution in [1.29, 1.82) is 0 Å². The number of hydrogen-bond acceptors (Lipinski definition) is 2. The molecule has 7 atom stereocenters. The summed E-state index contributed by atoms with van der Waals surface area (Å²) < 4.78 is 0. The smallest absolute Gasteiger partial charge is 0.155 e. The van der Waals surface area contributed by atoms with E-state index in [1.165, 1.54) is 31.3 Å². The second-order valence-corrected chi connectivity index (χ2v) is 9.81. The average Bonchev–Trinajstić information content (AvgIpc) is 2.78. The van der Waals surface area contributed by atoms with Crippen LogP contribution in [0, 0.1) is 40.4 Å². The molecular formula is C22H32O2. The minimum Gasteiger partial charge on any atom is -0.300 e. The first-order valence-electron chi connectivity index (χ1n) is 10.0. The van der Waals surface area contributed by atoms with Gasteiger partial charge in [-0.3, -0.25) is 9.59 Å². The normalized spacial score (nSPS) is 50.6. The van der Waals surface area contributed by atoms with Gasteiger partial charge in [0.25, 0.3) is 0 Å². The van der Waals surface area contributed by atoms with Gasteiger partial charge in [-0.25, -0.2) is 0 Å². The third-order valence-corrected chi connectivity index (χ3v) is 8.74. The lowest BCUT2D eigenvalue weighted by Crippen LogP contribution is -2.51. The number of Topliss-reactive ketones (excluding diaryl/α,β-unsaturated/α-hetero) is 1. The molecule has 3 fully saturated rings. The molecule has 24 heavy (non-hydrogen) atoms. The van der Waals surface area contributed by atoms with Gasteiger partial charge in [0.2, 0.25) is 0 Å². The van der Waals surface area contributed by atoms with Crippen LogP contribution < -0.4 is 0 Å². The van der Waals surface area contributed by atoms with E-state index < -0.39 is 0 Å². The van der Waals surface area contributed by atoms with E-state index >= 15 is 0 Å². The van der Waals surface area contributed by atoms with Crippen molar-refractivity contribution in [2.24, 2.45) is 40.4 Å². The van der Waals surface area contributed by atoms with E-state index in [1.54, 1.807) is 0 Å². The molecule has 0 aliphatic heterocycles. The summed E-state index contributed by atoms with van der Waals surface area (Å²) in [6.45, 7) is 8.98. The van der Waals surface area contributed by atoms with Crippen molar-refractivity contribution in [2.75, 3.05) is 0 Å². The van der Waals surface area contributed by atoms with Gasteiger partial charge in [0.15, 0.2) is 5.78 Å². The van der Waals surface area contributed by atoms with Crippen LogP contribution in [0.3, 0.4) is 0 Å². The number of rotatable bonds is 1. The Kier molecular flexibility index (Phi) is 3.64. The highest BCUT2D eigenvalue weighted by atomic mass is 16.1. The maximum Gasteiger partial charge on any atom is 0.155 e. The Morgan fingerprint density at radius 3 is 2.58 bits per heavy atom. The van der Waals surface area contributed by atoms with Crippen molar-refractivity contribution >= 4 is 11.6 Å². The van der Waals surface area contributed by atoms with Gasteiger partial charge in [0, 0.05) is 12.3 Å². The Bertz CT molecular complexity index is 617. The molecule has 0 radical (unpaired) electrons. The standard InChI is InChI=1S/C22H32O2/c1-13-11-19-17-6-5-15-12-16(24)7-9-21(15,3)18(17)8-10-22(19,4)20(13)14(2)23/h12-13,17-20H,5-11H2,1-4H3/t13?,17?,18?,19?,20?,21-,22-/m0/s1. The monoisotopic (exact) mass is 328 g/mol. The molecule has 0 spiro atoms. The van der Waals surface area contributed by atoms with Gasteiger partial charge in [0.05, 0.1) is 0 Å². The third-order valence-electron chi connectivity index (χ3n) is 8.74. The summed E-state index contributed by atoms with van der Waals surface area (Å²) in [4.78, 5) is 24.3. The van der Waals surface area contributed by atoms with E-state index in [9.17, 15) is 9.59 Å². The van der Waals surface area contributed by atoms with Crippen LogP contribution in [0.5, 0.6) is 0 Å². The zero-order valence-electron chi connectivity index (χ0n) is 15.7. The molecule has 0 saturated heterocycles. The van der Waals surface area contributed by atoms with Crippen molar-refractivity contribution in [3.63, 3.8) is 0 Å². The highest BCUT2D eigenvalue weighted by Crippen LogP contribution is 2.67. The van der Waals surface area contributed by atoms with Crippen molar-refractivity contribution in [2.45, 2.75) is 72.6 Å². The lowest BCUT2D eigenvalue weighted by atomic mass is 9.46. The second kappa shape index (κ2) is 5.29. The molecule has 2 heteroatoms. The first kappa shape index (κ1) is 16.5. The molecule has 4 rings (SSSR count). The largest absolute Gasteiger partial charge is 0.300 e. The van der Waals surface area contributed by atoms with Gasteiger partial charge in [-0.05, 0) is 86.0 Å². The number of allylic oxidation sites excluding steroid dienone is 1. The number of ketones is 2. The predicted octanol–water partition coefficient (Wildman–Crippen LogP) is 4.97. The fourth-order valence-electron chi connectivity index (χ4n) is 7.79. The molecule has 132 valence electrons. The Balaban J connectivity index is 1.69. The number of fused-ring (bicyclic) bond motifs is 5. The topological polar surface area (TPSA) is 34.1 Å². The Labute approximate surface area is 146 Å². The van der Waals surface area contributed by atoms with E-state index in [-0.39, 0.29) is 16.7 Å². The Morgan fingerprint density at radius 2 is 1.88 bits per heavy atom. The van der Waals surface area contributed by atoms with Crippen LogP contribution >= 0.6 is 0 Å². The van der Waals surface area contributed by atoms with E-state index in [0.717, 1.165) is 31.1 Å². The van der Waals surface area contributed by atoms with E-state index in [1.807, 2.05) is 13.0 Å². The lowest BCUT2D eigenvalue weighted by Gasteiger charge is -2.58. The highest BCUT2D eigenvalue weighted by molar-refractivity contribution is 5.91. The molecule has 0 bridgehead atoms. The maximum atomic E-state index is 12.4. The Morgan fingerprint density at radius 1 is 1.12 bits per heavy atom. The van der Waals surface area contributed by atoms with Crippen LogP contribution in [0.4, 0.5) is 0 Å².